The van der Waals surface area contributed by atoms with Crippen LogP contribution in [0.4, 0.5) is 0 Å². The summed E-state index contributed by atoms with van der Waals surface area (Å²) in [6.45, 7) is 0. The van der Waals surface area contributed by atoms with Crippen LogP contribution in [0.2, 0.25) is 0 Å². The van der Waals surface area contributed by atoms with E-state index in [1.807, 2.05) is 0 Å². The van der Waals surface area contributed by atoms with Crippen molar-refractivity contribution in [2.24, 2.45) is 0 Å². The standard InChI is InChI=1S/C23H22O13/c1-29-9-5-7-11-12-8(21(28)34-18(11)16(9)30-2)6-10(17(31-3)19(12)35-20(7)27)33-23-15(26)13(24)14(25)22(32-4)36-23/h5-6,13-15,22-26H,1-4H3. The molecule has 4 aromatic rings. The van der Waals surface area contributed by atoms with Gasteiger partial charge in [-0.3, -0.25) is 0 Å². The van der Waals surface area contributed by atoms with Crippen LogP contribution < -0.4 is 30.2 Å². The van der Waals surface area contributed by atoms with Crippen LogP contribution in [-0.2, 0) is 9.47 Å². The molecule has 1 aliphatic heterocycles. The van der Waals surface area contributed by atoms with Crippen molar-refractivity contribution < 1.29 is 52.6 Å². The smallest absolute Gasteiger partial charge is 0.344 e. The molecule has 0 saturated carbocycles. The Hall–Kier alpha value is -3.62. The first-order chi connectivity index (χ1) is 17.2. The average molecular weight is 506 g/mol. The molecule has 3 heterocycles. The lowest BCUT2D eigenvalue weighted by Crippen LogP contribution is -2.59. The molecule has 13 heteroatoms. The second-order valence-electron chi connectivity index (χ2n) is 8.00. The van der Waals surface area contributed by atoms with Gasteiger partial charge in [0.15, 0.2) is 29.0 Å². The van der Waals surface area contributed by atoms with Crippen molar-refractivity contribution >= 4 is 32.7 Å². The SMILES string of the molecule is COc1cc2c(=O)oc3c(OC)c(OC4OC(OC)C(O)C(O)C4O)cc4c(=O)oc(c1OC)c2c34. The summed E-state index contributed by atoms with van der Waals surface area (Å²) in [6, 6.07) is 2.67. The molecule has 1 fully saturated rings. The summed E-state index contributed by atoms with van der Waals surface area (Å²) in [5, 5.41) is 31.0. The number of aliphatic hydroxyl groups excluding tert-OH is 3. The van der Waals surface area contributed by atoms with Crippen LogP contribution in [0.25, 0.3) is 32.7 Å². The third-order valence-corrected chi connectivity index (χ3v) is 6.11. The summed E-state index contributed by atoms with van der Waals surface area (Å²) in [7, 11) is 5.23. The van der Waals surface area contributed by atoms with Gasteiger partial charge in [-0.2, -0.15) is 0 Å². The Bertz CT molecular complexity index is 1550. The molecule has 13 nitrogen and oxygen atoms in total. The molecule has 5 unspecified atom stereocenters. The molecule has 0 bridgehead atoms. The minimum absolute atomic E-state index is 0.0240. The van der Waals surface area contributed by atoms with E-state index in [1.165, 1.54) is 40.6 Å². The van der Waals surface area contributed by atoms with Crippen LogP contribution in [-0.4, -0.2) is 74.7 Å². The zero-order valence-electron chi connectivity index (χ0n) is 19.5. The minimum Gasteiger partial charge on any atom is -0.493 e. The summed E-state index contributed by atoms with van der Waals surface area (Å²) in [4.78, 5) is 26.0. The summed E-state index contributed by atoms with van der Waals surface area (Å²) >= 11 is 0. The van der Waals surface area contributed by atoms with Crippen LogP contribution in [0.5, 0.6) is 23.0 Å². The summed E-state index contributed by atoms with van der Waals surface area (Å²) < 4.78 is 43.3. The second-order valence-corrected chi connectivity index (χ2v) is 8.00. The molecule has 36 heavy (non-hydrogen) atoms. The molecule has 0 amide bonds. The Labute approximate surface area is 201 Å². The van der Waals surface area contributed by atoms with Gasteiger partial charge < -0.3 is 52.6 Å². The van der Waals surface area contributed by atoms with Crippen molar-refractivity contribution in [1.82, 2.24) is 0 Å². The number of benzene rings is 2. The predicted octanol–water partition coefficient (Wildman–Crippen LogP) is 0.306. The van der Waals surface area contributed by atoms with E-state index in [9.17, 15) is 24.9 Å². The topological polar surface area (TPSA) is 176 Å². The predicted molar refractivity (Wildman–Crippen MR) is 121 cm³/mol. The van der Waals surface area contributed by atoms with E-state index in [4.69, 9.17) is 37.3 Å². The quantitative estimate of drug-likeness (QED) is 0.241. The Balaban J connectivity index is 1.78. The van der Waals surface area contributed by atoms with Gasteiger partial charge >= 0.3 is 11.3 Å². The van der Waals surface area contributed by atoms with Crippen molar-refractivity contribution in [3.63, 3.8) is 0 Å². The number of rotatable bonds is 6. The maximum absolute atomic E-state index is 13.1. The van der Waals surface area contributed by atoms with Gasteiger partial charge in [-0.1, -0.05) is 0 Å². The molecular formula is C23H22O13. The lowest BCUT2D eigenvalue weighted by Gasteiger charge is -2.39. The second kappa shape index (κ2) is 8.80. The minimum atomic E-state index is -1.71. The van der Waals surface area contributed by atoms with Crippen molar-refractivity contribution in [3.05, 3.63) is 33.0 Å². The number of hydrogen-bond donors (Lipinski definition) is 3. The molecule has 0 aliphatic carbocycles. The molecule has 1 saturated heterocycles. The van der Waals surface area contributed by atoms with Crippen molar-refractivity contribution in [3.8, 4) is 23.0 Å². The summed E-state index contributed by atoms with van der Waals surface area (Å²) in [5.41, 5.74) is -1.77. The zero-order chi connectivity index (χ0) is 25.9. The number of aliphatic hydroxyl groups is 3. The van der Waals surface area contributed by atoms with Gasteiger partial charge in [-0.15, -0.1) is 0 Å². The summed E-state index contributed by atoms with van der Waals surface area (Å²) in [5.74, 6) is -0.0156. The molecule has 1 aliphatic rings. The molecule has 2 aromatic heterocycles. The van der Waals surface area contributed by atoms with E-state index in [0.717, 1.165) is 0 Å². The first kappa shape index (κ1) is 24.1. The first-order valence-corrected chi connectivity index (χ1v) is 10.6. The van der Waals surface area contributed by atoms with Crippen LogP contribution in [0.1, 0.15) is 0 Å². The highest BCUT2D eigenvalue weighted by Crippen LogP contribution is 2.46. The van der Waals surface area contributed by atoms with E-state index in [-0.39, 0.29) is 55.7 Å². The molecule has 5 atom stereocenters. The van der Waals surface area contributed by atoms with Crippen LogP contribution in [0.3, 0.4) is 0 Å². The fourth-order valence-electron chi connectivity index (χ4n) is 4.40. The summed E-state index contributed by atoms with van der Waals surface area (Å²) in [6.07, 6.45) is -7.81. The maximum Gasteiger partial charge on any atom is 0.344 e. The Morgan fingerprint density at radius 3 is 1.69 bits per heavy atom. The Morgan fingerprint density at radius 2 is 1.19 bits per heavy atom. The van der Waals surface area contributed by atoms with E-state index < -0.39 is 42.1 Å². The van der Waals surface area contributed by atoms with Gasteiger partial charge in [0.25, 0.3) is 0 Å². The van der Waals surface area contributed by atoms with Crippen LogP contribution in [0, 0.1) is 0 Å². The van der Waals surface area contributed by atoms with E-state index >= 15 is 0 Å². The fraction of sp³-hybridized carbons (Fsp3) is 0.391. The van der Waals surface area contributed by atoms with Gasteiger partial charge in [0, 0.05) is 17.9 Å². The van der Waals surface area contributed by atoms with Crippen molar-refractivity contribution in [2.75, 3.05) is 28.4 Å². The molecule has 2 aromatic carbocycles. The highest BCUT2D eigenvalue weighted by atomic mass is 16.8. The molecular weight excluding hydrogens is 484 g/mol. The average Bonchev–Trinajstić information content (AvgIpc) is 2.87. The van der Waals surface area contributed by atoms with Crippen molar-refractivity contribution in [2.45, 2.75) is 30.9 Å². The molecule has 3 N–H and O–H groups in total. The van der Waals surface area contributed by atoms with Crippen LogP contribution >= 0.6 is 0 Å². The normalized spacial score (nSPS) is 24.5. The maximum atomic E-state index is 13.1. The number of ether oxygens (including phenoxy) is 6. The highest BCUT2D eigenvalue weighted by molar-refractivity contribution is 6.22. The van der Waals surface area contributed by atoms with E-state index in [1.54, 1.807) is 0 Å². The monoisotopic (exact) mass is 506 g/mol. The van der Waals surface area contributed by atoms with E-state index in [2.05, 4.69) is 0 Å². The van der Waals surface area contributed by atoms with Gasteiger partial charge in [0.05, 0.1) is 32.1 Å². The van der Waals surface area contributed by atoms with Crippen molar-refractivity contribution in [1.29, 1.82) is 0 Å². The Kier molecular flexibility index (Phi) is 5.89. The Morgan fingerprint density at radius 1 is 0.694 bits per heavy atom. The molecule has 192 valence electrons. The van der Waals surface area contributed by atoms with Gasteiger partial charge in [-0.05, 0) is 12.1 Å². The zero-order valence-corrected chi connectivity index (χ0v) is 19.5. The number of hydrogen-bond acceptors (Lipinski definition) is 13. The van der Waals surface area contributed by atoms with Gasteiger partial charge in [0.1, 0.15) is 18.3 Å². The molecule has 5 rings (SSSR count). The molecule has 0 radical (unpaired) electrons. The lowest BCUT2D eigenvalue weighted by atomic mass is 10.0. The largest absolute Gasteiger partial charge is 0.493 e. The molecule has 0 spiro atoms. The third kappa shape index (κ3) is 3.36. The number of methoxy groups -OCH3 is 4. The fourth-order valence-corrected chi connectivity index (χ4v) is 4.40. The van der Waals surface area contributed by atoms with Gasteiger partial charge in [0.2, 0.25) is 17.8 Å². The van der Waals surface area contributed by atoms with Gasteiger partial charge in [-0.25, -0.2) is 9.59 Å². The highest BCUT2D eigenvalue weighted by Gasteiger charge is 2.45. The third-order valence-electron chi connectivity index (χ3n) is 6.11. The van der Waals surface area contributed by atoms with Crippen LogP contribution in [0.15, 0.2) is 30.6 Å². The lowest BCUT2D eigenvalue weighted by molar-refractivity contribution is -0.327. The van der Waals surface area contributed by atoms with E-state index in [0.29, 0.717) is 0 Å². The first-order valence-electron chi connectivity index (χ1n) is 10.6.